The summed E-state index contributed by atoms with van der Waals surface area (Å²) in [4.78, 5) is 17.2. The Kier molecular flexibility index (Phi) is 7.57. The van der Waals surface area contributed by atoms with Crippen LogP contribution in [0.3, 0.4) is 0 Å². The summed E-state index contributed by atoms with van der Waals surface area (Å²) in [5.41, 5.74) is -5.65. The van der Waals surface area contributed by atoms with Crippen LogP contribution in [0.1, 0.15) is 54.3 Å². The first kappa shape index (κ1) is 32.3. The van der Waals surface area contributed by atoms with Gasteiger partial charge in [-0.3, -0.25) is 9.48 Å². The van der Waals surface area contributed by atoms with E-state index < -0.39 is 53.3 Å². The molecule has 47 heavy (non-hydrogen) atoms. The predicted octanol–water partition coefficient (Wildman–Crippen LogP) is 6.33. The molecule has 0 bridgehead atoms. The topological polar surface area (TPSA) is 108 Å². The molecule has 1 saturated carbocycles. The van der Waals surface area contributed by atoms with Crippen molar-refractivity contribution >= 4 is 16.8 Å². The average molecular weight is 669 g/mol. The van der Waals surface area contributed by atoms with Crippen molar-refractivity contribution in [2.45, 2.75) is 56.3 Å². The zero-order valence-corrected chi connectivity index (χ0v) is 25.0. The molecule has 3 heterocycles. The number of pyridine rings is 1. The minimum atomic E-state index is -5.40. The molecular weight excluding hydrogens is 641 g/mol. The normalized spacial score (nSPS) is 17.2. The standard InChI is InChI=1S/C31H27F7N4O5/c1-28(2)14-46-26-19(28)11-23(40-25(26)15-4-7-21(20(32)9-15)47-31(36,37)38)29(44,30(33,34)35)13-39-27(43)16-8-17-12-42(18-5-6-18)41-24(17)22(10-16)45-3/h4,7-12,18,44H,5-6,13-14H2,1-3H3,(H,39,43). The van der Waals surface area contributed by atoms with E-state index in [0.717, 1.165) is 25.0 Å². The van der Waals surface area contributed by atoms with Gasteiger partial charge in [-0.05, 0) is 49.2 Å². The molecule has 1 aliphatic carbocycles. The van der Waals surface area contributed by atoms with E-state index in [0.29, 0.717) is 23.0 Å². The summed E-state index contributed by atoms with van der Waals surface area (Å²) in [6.45, 7) is 1.89. The number of hydrogen-bond acceptors (Lipinski definition) is 7. The molecule has 1 amide bonds. The number of aromatic nitrogens is 3. The van der Waals surface area contributed by atoms with Crippen molar-refractivity contribution in [1.29, 1.82) is 0 Å². The second-order valence-corrected chi connectivity index (χ2v) is 12.1. The van der Waals surface area contributed by atoms with Crippen molar-refractivity contribution in [2.75, 3.05) is 20.3 Å². The third-order valence-electron chi connectivity index (χ3n) is 8.10. The number of alkyl halides is 6. The summed E-state index contributed by atoms with van der Waals surface area (Å²) in [7, 11) is 1.36. The molecule has 6 rings (SSSR count). The molecule has 16 heteroatoms. The van der Waals surface area contributed by atoms with Crippen LogP contribution < -0.4 is 19.5 Å². The van der Waals surface area contributed by atoms with E-state index in [9.17, 15) is 40.6 Å². The Bertz CT molecular complexity index is 1880. The van der Waals surface area contributed by atoms with Gasteiger partial charge in [-0.15, -0.1) is 13.2 Å². The predicted molar refractivity (Wildman–Crippen MR) is 152 cm³/mol. The van der Waals surface area contributed by atoms with Gasteiger partial charge < -0.3 is 24.6 Å². The molecule has 0 radical (unpaired) electrons. The fraction of sp³-hybridized carbons (Fsp3) is 0.387. The molecule has 0 saturated heterocycles. The van der Waals surface area contributed by atoms with Crippen LogP contribution in [0.2, 0.25) is 0 Å². The smallest absolute Gasteiger partial charge is 0.494 e. The average Bonchev–Trinajstić information content (AvgIpc) is 3.68. The highest BCUT2D eigenvalue weighted by Crippen LogP contribution is 2.48. The van der Waals surface area contributed by atoms with Crippen LogP contribution in [0.4, 0.5) is 30.7 Å². The molecule has 2 aliphatic rings. The highest BCUT2D eigenvalue weighted by Gasteiger charge is 2.57. The second kappa shape index (κ2) is 11.0. The van der Waals surface area contributed by atoms with Crippen molar-refractivity contribution in [3.8, 4) is 28.5 Å². The SMILES string of the molecule is COc1cc(C(=O)NCC(O)(c2cc3c(c(-c4ccc(OC(F)(F)F)c(F)c4)n2)OCC3(C)C)C(F)(F)F)cc2cn(C3CC3)nc12. The zero-order valence-electron chi connectivity index (χ0n) is 25.0. The maximum atomic E-state index is 14.7. The third kappa shape index (κ3) is 6.01. The fourth-order valence-corrected chi connectivity index (χ4v) is 5.36. The molecule has 2 aromatic carbocycles. The van der Waals surface area contributed by atoms with Crippen molar-refractivity contribution in [1.82, 2.24) is 20.1 Å². The van der Waals surface area contributed by atoms with Crippen LogP contribution in [0.5, 0.6) is 17.2 Å². The van der Waals surface area contributed by atoms with Crippen molar-refractivity contribution in [3.63, 3.8) is 0 Å². The number of halogens is 7. The molecule has 2 aromatic heterocycles. The lowest BCUT2D eigenvalue weighted by atomic mass is 9.84. The third-order valence-corrected chi connectivity index (χ3v) is 8.10. The van der Waals surface area contributed by atoms with Gasteiger partial charge in [0.2, 0.25) is 5.60 Å². The van der Waals surface area contributed by atoms with Crippen LogP contribution in [0, 0.1) is 5.82 Å². The van der Waals surface area contributed by atoms with E-state index >= 15 is 0 Å². The van der Waals surface area contributed by atoms with Crippen molar-refractivity contribution in [3.05, 3.63) is 65.2 Å². The molecule has 1 aliphatic heterocycles. The van der Waals surface area contributed by atoms with Gasteiger partial charge in [0.1, 0.15) is 22.7 Å². The first-order valence-corrected chi connectivity index (χ1v) is 14.3. The van der Waals surface area contributed by atoms with Gasteiger partial charge in [0.25, 0.3) is 5.91 Å². The molecule has 4 aromatic rings. The van der Waals surface area contributed by atoms with E-state index in [-0.39, 0.29) is 46.5 Å². The van der Waals surface area contributed by atoms with E-state index in [4.69, 9.17) is 9.47 Å². The Morgan fingerprint density at radius 2 is 1.83 bits per heavy atom. The Morgan fingerprint density at radius 1 is 1.11 bits per heavy atom. The van der Waals surface area contributed by atoms with Crippen molar-refractivity contribution in [2.24, 2.45) is 0 Å². The number of nitrogens with zero attached hydrogens (tertiary/aromatic N) is 3. The Balaban J connectivity index is 1.37. The van der Waals surface area contributed by atoms with Crippen LogP contribution in [0.15, 0.2) is 42.6 Å². The van der Waals surface area contributed by atoms with Crippen LogP contribution >= 0.6 is 0 Å². The largest absolute Gasteiger partial charge is 0.573 e. The minimum absolute atomic E-state index is 0.0267. The quantitative estimate of drug-likeness (QED) is 0.212. The monoisotopic (exact) mass is 668 g/mol. The van der Waals surface area contributed by atoms with Gasteiger partial charge in [0, 0.05) is 33.7 Å². The summed E-state index contributed by atoms with van der Waals surface area (Å²) in [6, 6.07) is 6.19. The summed E-state index contributed by atoms with van der Waals surface area (Å²) in [5, 5.41) is 18.4. The molecular formula is C31H27F7N4O5. The van der Waals surface area contributed by atoms with Gasteiger partial charge in [-0.1, -0.05) is 13.8 Å². The number of ether oxygens (including phenoxy) is 3. The minimum Gasteiger partial charge on any atom is -0.494 e. The zero-order chi connectivity index (χ0) is 34.1. The number of benzene rings is 2. The maximum absolute atomic E-state index is 14.7. The Hall–Kier alpha value is -4.60. The molecule has 9 nitrogen and oxygen atoms in total. The number of fused-ring (bicyclic) bond motifs is 2. The Morgan fingerprint density at radius 3 is 2.45 bits per heavy atom. The lowest BCUT2D eigenvalue weighted by Crippen LogP contribution is -2.51. The first-order chi connectivity index (χ1) is 21.9. The van der Waals surface area contributed by atoms with Crippen molar-refractivity contribution < 1.29 is 54.8 Å². The molecule has 1 fully saturated rings. The molecule has 0 spiro atoms. The van der Waals surface area contributed by atoms with Gasteiger partial charge in [-0.25, -0.2) is 9.37 Å². The number of carbonyl (C=O) groups excluding carboxylic acids is 1. The summed E-state index contributed by atoms with van der Waals surface area (Å²) in [5.74, 6) is -3.40. The van der Waals surface area contributed by atoms with Gasteiger partial charge in [-0.2, -0.15) is 18.3 Å². The molecule has 1 atom stereocenters. The number of nitrogens with one attached hydrogen (secondary N) is 1. The van der Waals surface area contributed by atoms with E-state index in [1.54, 1.807) is 24.7 Å². The molecule has 1 unspecified atom stereocenters. The lowest BCUT2D eigenvalue weighted by molar-refractivity contribution is -0.275. The summed E-state index contributed by atoms with van der Waals surface area (Å²) >= 11 is 0. The molecule has 250 valence electrons. The molecule has 2 N–H and O–H groups in total. The van der Waals surface area contributed by atoms with Gasteiger partial charge >= 0.3 is 12.5 Å². The summed E-state index contributed by atoms with van der Waals surface area (Å²) < 4.78 is 113. The number of rotatable bonds is 8. The van der Waals surface area contributed by atoms with E-state index in [1.807, 2.05) is 0 Å². The van der Waals surface area contributed by atoms with E-state index in [2.05, 4.69) is 20.1 Å². The number of carbonyl (C=O) groups is 1. The van der Waals surface area contributed by atoms with Gasteiger partial charge in [0.15, 0.2) is 11.6 Å². The maximum Gasteiger partial charge on any atom is 0.573 e. The number of amides is 1. The second-order valence-electron chi connectivity index (χ2n) is 12.1. The Labute approximate surface area is 262 Å². The first-order valence-electron chi connectivity index (χ1n) is 14.3. The van der Waals surface area contributed by atoms with Crippen LogP contribution in [0.25, 0.3) is 22.2 Å². The number of hydrogen-bond donors (Lipinski definition) is 2. The van der Waals surface area contributed by atoms with Gasteiger partial charge in [0.05, 0.1) is 32.0 Å². The van der Waals surface area contributed by atoms with Crippen LogP contribution in [-0.4, -0.2) is 58.6 Å². The summed E-state index contributed by atoms with van der Waals surface area (Å²) in [6.07, 6.45) is -7.01. The highest BCUT2D eigenvalue weighted by molar-refractivity contribution is 6.00. The lowest BCUT2D eigenvalue weighted by Gasteiger charge is -2.31. The van der Waals surface area contributed by atoms with Crippen LogP contribution in [-0.2, 0) is 11.0 Å². The highest BCUT2D eigenvalue weighted by atomic mass is 19.4. The number of methoxy groups -OCH3 is 1. The van der Waals surface area contributed by atoms with E-state index in [1.165, 1.54) is 19.2 Å². The number of aliphatic hydroxyl groups is 1. The fourth-order valence-electron chi connectivity index (χ4n) is 5.36.